The number of rotatable bonds is 3. The first kappa shape index (κ1) is 11.9. The number of nitrogens with zero attached hydrogens (tertiary/aromatic N) is 1. The standard InChI is InChI=1S/C15H19NO/c1-15(2,3)14(17)9-11-16-10-8-12-6-4-5-7-13(12)16/h4-8,10H,9,11H2,1-3H3. The first-order valence-corrected chi connectivity index (χ1v) is 6.06. The summed E-state index contributed by atoms with van der Waals surface area (Å²) in [5.41, 5.74) is 0.970. The predicted molar refractivity (Wildman–Crippen MR) is 71.0 cm³/mol. The zero-order valence-electron chi connectivity index (χ0n) is 10.7. The molecule has 0 bridgehead atoms. The molecular formula is C15H19NO. The van der Waals surface area contributed by atoms with Crippen LogP contribution in [0.25, 0.3) is 10.9 Å². The van der Waals surface area contributed by atoms with Gasteiger partial charge in [0.1, 0.15) is 5.78 Å². The molecule has 1 aromatic carbocycles. The van der Waals surface area contributed by atoms with Crippen molar-refractivity contribution in [2.45, 2.75) is 33.7 Å². The van der Waals surface area contributed by atoms with E-state index in [0.717, 1.165) is 6.54 Å². The molecule has 1 aromatic heterocycles. The Morgan fingerprint density at radius 3 is 2.59 bits per heavy atom. The van der Waals surface area contributed by atoms with Gasteiger partial charge in [-0.15, -0.1) is 0 Å². The van der Waals surface area contributed by atoms with Crippen molar-refractivity contribution >= 4 is 16.7 Å². The van der Waals surface area contributed by atoms with Crippen LogP contribution in [-0.2, 0) is 11.3 Å². The highest BCUT2D eigenvalue weighted by Gasteiger charge is 2.20. The molecule has 2 nitrogen and oxygen atoms in total. The number of aryl methyl sites for hydroxylation is 1. The van der Waals surface area contributed by atoms with Gasteiger partial charge in [-0.2, -0.15) is 0 Å². The van der Waals surface area contributed by atoms with Gasteiger partial charge in [0.2, 0.25) is 0 Å². The summed E-state index contributed by atoms with van der Waals surface area (Å²) in [5.74, 6) is 0.315. The fourth-order valence-electron chi connectivity index (χ4n) is 1.93. The predicted octanol–water partition coefficient (Wildman–Crippen LogP) is 3.65. The lowest BCUT2D eigenvalue weighted by Crippen LogP contribution is -2.21. The molecule has 0 aliphatic carbocycles. The van der Waals surface area contributed by atoms with Crippen LogP contribution in [0.2, 0.25) is 0 Å². The molecule has 1 heterocycles. The number of hydrogen-bond donors (Lipinski definition) is 0. The second kappa shape index (κ2) is 4.36. The monoisotopic (exact) mass is 229 g/mol. The van der Waals surface area contributed by atoms with Crippen LogP contribution in [0.4, 0.5) is 0 Å². The van der Waals surface area contributed by atoms with Crippen LogP contribution in [0, 0.1) is 5.41 Å². The highest BCUT2D eigenvalue weighted by atomic mass is 16.1. The lowest BCUT2D eigenvalue weighted by atomic mass is 9.89. The highest BCUT2D eigenvalue weighted by Crippen LogP contribution is 2.19. The van der Waals surface area contributed by atoms with Gasteiger partial charge in [0.25, 0.3) is 0 Å². The van der Waals surface area contributed by atoms with Gasteiger partial charge in [-0.25, -0.2) is 0 Å². The highest BCUT2D eigenvalue weighted by molar-refractivity contribution is 5.84. The Morgan fingerprint density at radius 1 is 1.18 bits per heavy atom. The van der Waals surface area contributed by atoms with Crippen molar-refractivity contribution in [2.75, 3.05) is 0 Å². The number of hydrogen-bond acceptors (Lipinski definition) is 1. The molecule has 90 valence electrons. The van der Waals surface area contributed by atoms with E-state index in [4.69, 9.17) is 0 Å². The maximum atomic E-state index is 11.9. The number of para-hydroxylation sites is 1. The molecule has 0 saturated heterocycles. The van der Waals surface area contributed by atoms with E-state index in [1.165, 1.54) is 10.9 Å². The van der Waals surface area contributed by atoms with Crippen molar-refractivity contribution in [3.63, 3.8) is 0 Å². The van der Waals surface area contributed by atoms with Gasteiger partial charge in [0, 0.05) is 30.1 Å². The maximum absolute atomic E-state index is 11.9. The SMILES string of the molecule is CC(C)(C)C(=O)CCn1ccc2ccccc21. The van der Waals surface area contributed by atoms with Gasteiger partial charge in [-0.1, -0.05) is 39.0 Å². The van der Waals surface area contributed by atoms with E-state index in [1.807, 2.05) is 32.9 Å². The minimum absolute atomic E-state index is 0.233. The smallest absolute Gasteiger partial charge is 0.139 e. The molecule has 0 aliphatic heterocycles. The Labute approximate surface area is 102 Å². The third-order valence-corrected chi connectivity index (χ3v) is 3.10. The van der Waals surface area contributed by atoms with Crippen molar-refractivity contribution in [3.05, 3.63) is 36.5 Å². The molecule has 0 radical (unpaired) electrons. The van der Waals surface area contributed by atoms with E-state index >= 15 is 0 Å². The molecule has 0 amide bonds. The Morgan fingerprint density at radius 2 is 1.88 bits per heavy atom. The van der Waals surface area contributed by atoms with Gasteiger partial charge < -0.3 is 4.57 Å². The minimum atomic E-state index is -0.233. The lowest BCUT2D eigenvalue weighted by Gasteiger charge is -2.16. The van der Waals surface area contributed by atoms with E-state index in [1.54, 1.807) is 0 Å². The third-order valence-electron chi connectivity index (χ3n) is 3.10. The van der Waals surface area contributed by atoms with E-state index in [9.17, 15) is 4.79 Å². The summed E-state index contributed by atoms with van der Waals surface area (Å²) in [4.78, 5) is 11.9. The number of Topliss-reactive ketones (excluding diaryl/α,β-unsaturated/α-hetero) is 1. The average molecular weight is 229 g/mol. The molecule has 2 aromatic rings. The van der Waals surface area contributed by atoms with Crippen LogP contribution in [0.1, 0.15) is 27.2 Å². The van der Waals surface area contributed by atoms with E-state index in [2.05, 4.69) is 29.0 Å². The van der Waals surface area contributed by atoms with Gasteiger partial charge in [0.05, 0.1) is 0 Å². The molecule has 2 heteroatoms. The summed E-state index contributed by atoms with van der Waals surface area (Å²) in [5, 5.41) is 1.23. The van der Waals surface area contributed by atoms with Crippen LogP contribution in [0.3, 0.4) is 0 Å². The molecule has 0 spiro atoms. The van der Waals surface area contributed by atoms with Crippen molar-refractivity contribution < 1.29 is 4.79 Å². The Balaban J connectivity index is 2.12. The first-order chi connectivity index (χ1) is 7.98. The average Bonchev–Trinajstić information content (AvgIpc) is 2.68. The summed E-state index contributed by atoms with van der Waals surface area (Å²) in [6, 6.07) is 10.3. The molecule has 17 heavy (non-hydrogen) atoms. The van der Waals surface area contributed by atoms with Crippen LogP contribution in [0.5, 0.6) is 0 Å². The summed E-state index contributed by atoms with van der Waals surface area (Å²) >= 11 is 0. The molecule has 0 atom stereocenters. The maximum Gasteiger partial charge on any atom is 0.139 e. The van der Waals surface area contributed by atoms with Crippen LogP contribution in [-0.4, -0.2) is 10.4 Å². The number of aromatic nitrogens is 1. The molecule has 0 N–H and O–H groups in total. The largest absolute Gasteiger partial charge is 0.347 e. The number of benzene rings is 1. The van der Waals surface area contributed by atoms with Crippen molar-refractivity contribution in [2.24, 2.45) is 5.41 Å². The molecule has 0 fully saturated rings. The second-order valence-corrected chi connectivity index (χ2v) is 5.49. The molecule has 0 aliphatic rings. The van der Waals surface area contributed by atoms with E-state index in [-0.39, 0.29) is 5.41 Å². The van der Waals surface area contributed by atoms with Crippen LogP contribution in [0.15, 0.2) is 36.5 Å². The Kier molecular flexibility index (Phi) is 3.05. The van der Waals surface area contributed by atoms with Crippen LogP contribution >= 0.6 is 0 Å². The second-order valence-electron chi connectivity index (χ2n) is 5.49. The van der Waals surface area contributed by atoms with E-state index in [0.29, 0.717) is 12.2 Å². The number of fused-ring (bicyclic) bond motifs is 1. The topological polar surface area (TPSA) is 22.0 Å². The normalized spacial score (nSPS) is 11.9. The van der Waals surface area contributed by atoms with Crippen molar-refractivity contribution in [1.82, 2.24) is 4.57 Å². The Bertz CT molecular complexity index is 531. The van der Waals surface area contributed by atoms with Crippen molar-refractivity contribution in [1.29, 1.82) is 0 Å². The van der Waals surface area contributed by atoms with Crippen molar-refractivity contribution in [3.8, 4) is 0 Å². The number of carbonyl (C=O) groups excluding carboxylic acids is 1. The third kappa shape index (κ3) is 2.57. The Hall–Kier alpha value is -1.57. The summed E-state index contributed by atoms with van der Waals surface area (Å²) in [6.45, 7) is 6.69. The molecule has 2 rings (SSSR count). The molecular weight excluding hydrogens is 210 g/mol. The fourth-order valence-corrected chi connectivity index (χ4v) is 1.93. The van der Waals surface area contributed by atoms with Gasteiger partial charge in [-0.05, 0) is 17.5 Å². The first-order valence-electron chi connectivity index (χ1n) is 6.06. The molecule has 0 unspecified atom stereocenters. The van der Waals surface area contributed by atoms with Gasteiger partial charge >= 0.3 is 0 Å². The van der Waals surface area contributed by atoms with Crippen LogP contribution < -0.4 is 0 Å². The lowest BCUT2D eigenvalue weighted by molar-refractivity contribution is -0.126. The number of carbonyl (C=O) groups is 1. The fraction of sp³-hybridized carbons (Fsp3) is 0.400. The minimum Gasteiger partial charge on any atom is -0.347 e. The zero-order chi connectivity index (χ0) is 12.5. The summed E-state index contributed by atoms with van der Waals surface area (Å²) < 4.78 is 2.15. The summed E-state index contributed by atoms with van der Waals surface area (Å²) in [6.07, 6.45) is 2.66. The zero-order valence-corrected chi connectivity index (χ0v) is 10.7. The number of ketones is 1. The van der Waals surface area contributed by atoms with Gasteiger partial charge in [0.15, 0.2) is 0 Å². The van der Waals surface area contributed by atoms with Gasteiger partial charge in [-0.3, -0.25) is 4.79 Å². The quantitative estimate of drug-likeness (QED) is 0.787. The van der Waals surface area contributed by atoms with E-state index < -0.39 is 0 Å². The molecule has 0 saturated carbocycles. The summed E-state index contributed by atoms with van der Waals surface area (Å²) in [7, 11) is 0.